The highest BCUT2D eigenvalue weighted by atomic mass is 16.2. The van der Waals surface area contributed by atoms with E-state index in [0.717, 1.165) is 25.7 Å². The van der Waals surface area contributed by atoms with Crippen LogP contribution in [0.1, 0.15) is 38.2 Å². The molecule has 1 fully saturated rings. The maximum Gasteiger partial charge on any atom is 0.315 e. The minimum absolute atomic E-state index is 0.0136. The van der Waals surface area contributed by atoms with Crippen molar-refractivity contribution in [3.63, 3.8) is 0 Å². The molecular formula is C15H22N2O. The number of rotatable bonds is 5. The van der Waals surface area contributed by atoms with Crippen molar-refractivity contribution in [2.75, 3.05) is 0 Å². The lowest BCUT2D eigenvalue weighted by Gasteiger charge is -2.27. The van der Waals surface area contributed by atoms with Crippen molar-refractivity contribution in [3.8, 4) is 0 Å². The number of amides is 2. The van der Waals surface area contributed by atoms with Crippen LogP contribution in [0.2, 0.25) is 0 Å². The Kier molecular flexibility index (Phi) is 4.62. The fourth-order valence-corrected chi connectivity index (χ4v) is 2.10. The van der Waals surface area contributed by atoms with Crippen molar-refractivity contribution in [2.24, 2.45) is 0 Å². The van der Waals surface area contributed by atoms with Gasteiger partial charge >= 0.3 is 6.03 Å². The summed E-state index contributed by atoms with van der Waals surface area (Å²) in [5.74, 6) is 0. The van der Waals surface area contributed by atoms with Crippen LogP contribution in [0.4, 0.5) is 4.79 Å². The molecule has 1 aromatic carbocycles. The average Bonchev–Trinajstić information content (AvgIpc) is 2.33. The minimum atomic E-state index is -0.0136. The van der Waals surface area contributed by atoms with Gasteiger partial charge < -0.3 is 10.6 Å². The number of hydrogen-bond acceptors (Lipinski definition) is 1. The van der Waals surface area contributed by atoms with E-state index >= 15 is 0 Å². The van der Waals surface area contributed by atoms with Gasteiger partial charge in [-0.15, -0.1) is 0 Å². The fraction of sp³-hybridized carbons (Fsp3) is 0.533. The van der Waals surface area contributed by atoms with Crippen molar-refractivity contribution < 1.29 is 4.79 Å². The van der Waals surface area contributed by atoms with E-state index in [2.05, 4.69) is 41.8 Å². The topological polar surface area (TPSA) is 41.1 Å². The molecule has 0 aliphatic heterocycles. The van der Waals surface area contributed by atoms with Crippen LogP contribution in [0.3, 0.4) is 0 Å². The second-order valence-electron chi connectivity index (χ2n) is 5.17. The summed E-state index contributed by atoms with van der Waals surface area (Å²) in [7, 11) is 0. The summed E-state index contributed by atoms with van der Waals surface area (Å²) in [4.78, 5) is 11.6. The van der Waals surface area contributed by atoms with Crippen LogP contribution in [0.5, 0.6) is 0 Å². The molecule has 1 saturated carbocycles. The zero-order chi connectivity index (χ0) is 12.8. The van der Waals surface area contributed by atoms with E-state index < -0.39 is 0 Å². The van der Waals surface area contributed by atoms with Crippen LogP contribution in [-0.4, -0.2) is 18.1 Å². The Morgan fingerprint density at radius 1 is 1.33 bits per heavy atom. The Bertz CT molecular complexity index is 373. The highest BCUT2D eigenvalue weighted by Gasteiger charge is 2.19. The van der Waals surface area contributed by atoms with Crippen molar-refractivity contribution in [2.45, 2.75) is 51.1 Å². The smallest absolute Gasteiger partial charge is 0.315 e. The van der Waals surface area contributed by atoms with E-state index in [1.807, 2.05) is 6.07 Å². The molecular weight excluding hydrogens is 224 g/mol. The molecule has 3 nitrogen and oxygen atoms in total. The predicted molar refractivity (Wildman–Crippen MR) is 73.5 cm³/mol. The summed E-state index contributed by atoms with van der Waals surface area (Å²) >= 11 is 0. The molecule has 0 bridgehead atoms. The molecule has 18 heavy (non-hydrogen) atoms. The monoisotopic (exact) mass is 246 g/mol. The van der Waals surface area contributed by atoms with E-state index in [-0.39, 0.29) is 12.1 Å². The largest absolute Gasteiger partial charge is 0.336 e. The Morgan fingerprint density at radius 3 is 2.67 bits per heavy atom. The summed E-state index contributed by atoms with van der Waals surface area (Å²) in [6.07, 6.45) is 5.49. The predicted octanol–water partition coefficient (Wildman–Crippen LogP) is 2.86. The molecule has 0 radical (unpaired) electrons. The molecule has 2 rings (SSSR count). The van der Waals surface area contributed by atoms with Gasteiger partial charge in [0.2, 0.25) is 0 Å². The third-order valence-corrected chi connectivity index (χ3v) is 3.53. The molecule has 1 aromatic rings. The van der Waals surface area contributed by atoms with Crippen LogP contribution < -0.4 is 10.6 Å². The summed E-state index contributed by atoms with van der Waals surface area (Å²) in [5.41, 5.74) is 1.32. The first-order chi connectivity index (χ1) is 8.74. The van der Waals surface area contributed by atoms with Crippen LogP contribution in [-0.2, 0) is 6.42 Å². The Labute approximate surface area is 109 Å². The fourth-order valence-electron chi connectivity index (χ4n) is 2.10. The standard InChI is InChI=1S/C15H22N2O/c1-12(10-11-13-6-3-2-4-7-13)16-15(18)17-14-8-5-9-14/h2-4,6-7,12,14H,5,8-11H2,1H3,(H2,16,17,18). The number of nitrogens with one attached hydrogen (secondary N) is 2. The molecule has 1 aliphatic rings. The van der Waals surface area contributed by atoms with Crippen LogP contribution in [0.15, 0.2) is 30.3 Å². The summed E-state index contributed by atoms with van der Waals surface area (Å²) < 4.78 is 0. The Balaban J connectivity index is 1.65. The summed E-state index contributed by atoms with van der Waals surface area (Å²) in [6, 6.07) is 11.0. The summed E-state index contributed by atoms with van der Waals surface area (Å²) in [5, 5.41) is 5.99. The van der Waals surface area contributed by atoms with Gasteiger partial charge in [0.1, 0.15) is 0 Å². The van der Waals surface area contributed by atoms with E-state index in [0.29, 0.717) is 6.04 Å². The number of benzene rings is 1. The average molecular weight is 246 g/mol. The van der Waals surface area contributed by atoms with Gasteiger partial charge in [-0.2, -0.15) is 0 Å². The first-order valence-corrected chi connectivity index (χ1v) is 6.85. The molecule has 2 N–H and O–H groups in total. The molecule has 98 valence electrons. The van der Waals surface area contributed by atoms with Crippen molar-refractivity contribution >= 4 is 6.03 Å². The maximum atomic E-state index is 11.6. The van der Waals surface area contributed by atoms with Gasteiger partial charge in [0, 0.05) is 12.1 Å². The SMILES string of the molecule is CC(CCc1ccccc1)NC(=O)NC1CCC1. The maximum absolute atomic E-state index is 11.6. The first-order valence-electron chi connectivity index (χ1n) is 6.85. The van der Waals surface area contributed by atoms with E-state index in [1.165, 1.54) is 12.0 Å². The lowest BCUT2D eigenvalue weighted by molar-refractivity contribution is 0.225. The zero-order valence-corrected chi connectivity index (χ0v) is 11.0. The molecule has 0 aromatic heterocycles. The van der Waals surface area contributed by atoms with Gasteiger partial charge in [0.15, 0.2) is 0 Å². The highest BCUT2D eigenvalue weighted by molar-refractivity contribution is 5.74. The van der Waals surface area contributed by atoms with Crippen molar-refractivity contribution in [3.05, 3.63) is 35.9 Å². The molecule has 1 atom stereocenters. The van der Waals surface area contributed by atoms with Gasteiger partial charge in [-0.1, -0.05) is 30.3 Å². The molecule has 0 spiro atoms. The minimum Gasteiger partial charge on any atom is -0.336 e. The third kappa shape index (κ3) is 4.06. The van der Waals surface area contributed by atoms with E-state index in [1.54, 1.807) is 0 Å². The quantitative estimate of drug-likeness (QED) is 0.824. The van der Waals surface area contributed by atoms with Crippen LogP contribution in [0, 0.1) is 0 Å². The molecule has 3 heteroatoms. The van der Waals surface area contributed by atoms with Crippen molar-refractivity contribution in [1.82, 2.24) is 10.6 Å². The van der Waals surface area contributed by atoms with E-state index in [9.17, 15) is 4.79 Å². The van der Waals surface area contributed by atoms with Gasteiger partial charge in [-0.05, 0) is 44.6 Å². The molecule has 2 amide bonds. The van der Waals surface area contributed by atoms with Gasteiger partial charge in [-0.3, -0.25) is 0 Å². The summed E-state index contributed by atoms with van der Waals surface area (Å²) in [6.45, 7) is 2.06. The van der Waals surface area contributed by atoms with Crippen LogP contribution >= 0.6 is 0 Å². The second kappa shape index (κ2) is 6.43. The van der Waals surface area contributed by atoms with E-state index in [4.69, 9.17) is 0 Å². The Hall–Kier alpha value is -1.51. The first kappa shape index (κ1) is 12.9. The van der Waals surface area contributed by atoms with Crippen molar-refractivity contribution in [1.29, 1.82) is 0 Å². The normalized spacial score (nSPS) is 16.7. The molecule has 0 saturated heterocycles. The van der Waals surface area contributed by atoms with Gasteiger partial charge in [0.05, 0.1) is 0 Å². The lowest BCUT2D eigenvalue weighted by atomic mass is 9.93. The van der Waals surface area contributed by atoms with Gasteiger partial charge in [-0.25, -0.2) is 4.79 Å². The van der Waals surface area contributed by atoms with Crippen LogP contribution in [0.25, 0.3) is 0 Å². The number of aryl methyl sites for hydroxylation is 1. The third-order valence-electron chi connectivity index (χ3n) is 3.53. The Morgan fingerprint density at radius 2 is 2.06 bits per heavy atom. The highest BCUT2D eigenvalue weighted by Crippen LogP contribution is 2.17. The number of carbonyl (C=O) groups is 1. The number of hydrogen-bond donors (Lipinski definition) is 2. The molecule has 1 aliphatic carbocycles. The second-order valence-corrected chi connectivity index (χ2v) is 5.17. The lowest BCUT2D eigenvalue weighted by Crippen LogP contribution is -2.47. The number of carbonyl (C=O) groups excluding carboxylic acids is 1. The number of urea groups is 1. The van der Waals surface area contributed by atoms with Gasteiger partial charge in [0.25, 0.3) is 0 Å². The molecule has 1 unspecified atom stereocenters. The zero-order valence-electron chi connectivity index (χ0n) is 11.0. The molecule has 0 heterocycles.